The number of nitrogens with zero attached hydrogens (tertiary/aromatic N) is 1. The van der Waals surface area contributed by atoms with Gasteiger partial charge in [0.05, 0.1) is 11.8 Å². The van der Waals surface area contributed by atoms with Crippen LogP contribution in [0.2, 0.25) is 0 Å². The lowest BCUT2D eigenvalue weighted by Gasteiger charge is -2.02. The second-order valence-corrected chi connectivity index (χ2v) is 1.92. The quantitative estimate of drug-likeness (QED) is 0.344. The molecule has 0 fully saturated rings. The first-order chi connectivity index (χ1) is 4.22. The molecule has 1 atom stereocenters. The van der Waals surface area contributed by atoms with Gasteiger partial charge in [-0.25, -0.2) is 0 Å². The van der Waals surface area contributed by atoms with Crippen molar-refractivity contribution in [3.8, 4) is 0 Å². The Labute approximate surface area is 60.1 Å². The first-order valence-electron chi connectivity index (χ1n) is 2.61. The second-order valence-electron chi connectivity index (χ2n) is 1.60. The average molecular weight is 149 g/mol. The molecule has 0 aliphatic carbocycles. The van der Waals surface area contributed by atoms with E-state index in [1.54, 1.807) is 6.92 Å². The van der Waals surface area contributed by atoms with Gasteiger partial charge in [-0.1, -0.05) is 5.16 Å². The molecule has 54 valence electrons. The van der Waals surface area contributed by atoms with Gasteiger partial charge < -0.3 is 9.94 Å². The molecule has 0 aromatic rings. The molecule has 1 N–H and O–H groups in total. The number of hydrogen-bond donors (Lipinski definition) is 2. The van der Waals surface area contributed by atoms with Crippen LogP contribution in [0.1, 0.15) is 6.92 Å². The summed E-state index contributed by atoms with van der Waals surface area (Å²) in [6.07, 6.45) is -0.567. The predicted octanol–water partition coefficient (Wildman–Crippen LogP) is 0.299. The number of hydrogen-bond acceptors (Lipinski definition) is 4. The Balaban J connectivity index is 3.81. The van der Waals surface area contributed by atoms with E-state index in [9.17, 15) is 0 Å². The van der Waals surface area contributed by atoms with E-state index in [2.05, 4.69) is 22.6 Å². The Morgan fingerprint density at radius 1 is 1.89 bits per heavy atom. The third-order valence-electron chi connectivity index (χ3n) is 0.853. The molecule has 4 heteroatoms. The van der Waals surface area contributed by atoms with Gasteiger partial charge in [0.1, 0.15) is 7.11 Å². The van der Waals surface area contributed by atoms with Crippen LogP contribution in [0, 0.1) is 0 Å². The molecule has 0 saturated heterocycles. The largest absolute Gasteiger partial charge is 0.399 e. The van der Waals surface area contributed by atoms with Crippen molar-refractivity contribution in [1.29, 1.82) is 0 Å². The Morgan fingerprint density at radius 3 is 2.56 bits per heavy atom. The summed E-state index contributed by atoms with van der Waals surface area (Å²) in [6.45, 7) is 1.62. The molecule has 1 unspecified atom stereocenters. The van der Waals surface area contributed by atoms with Crippen molar-refractivity contribution in [2.45, 2.75) is 13.0 Å². The van der Waals surface area contributed by atoms with Gasteiger partial charge in [-0.05, 0) is 6.92 Å². The predicted molar refractivity (Wildman–Crippen MR) is 40.0 cm³/mol. The summed E-state index contributed by atoms with van der Waals surface area (Å²) in [5.74, 6) is 0.422. The Bertz CT molecular complexity index is 103. The van der Waals surface area contributed by atoms with Crippen LogP contribution >= 0.6 is 12.6 Å². The summed E-state index contributed by atoms with van der Waals surface area (Å²) in [5.41, 5.74) is 0.542. The highest BCUT2D eigenvalue weighted by molar-refractivity contribution is 7.81. The molecule has 0 saturated carbocycles. The minimum Gasteiger partial charge on any atom is -0.399 e. The molecule has 3 nitrogen and oxygen atoms in total. The molecule has 0 heterocycles. The van der Waals surface area contributed by atoms with E-state index in [0.717, 1.165) is 0 Å². The Kier molecular flexibility index (Phi) is 4.53. The van der Waals surface area contributed by atoms with Crippen molar-refractivity contribution < 1.29 is 9.94 Å². The van der Waals surface area contributed by atoms with E-state index < -0.39 is 6.10 Å². The van der Waals surface area contributed by atoms with Gasteiger partial charge in [0.25, 0.3) is 0 Å². The van der Waals surface area contributed by atoms with Crippen LogP contribution in [0.5, 0.6) is 0 Å². The first kappa shape index (κ1) is 8.78. The summed E-state index contributed by atoms with van der Waals surface area (Å²) in [5, 5.41) is 12.4. The molecule has 0 amide bonds. The molecule has 0 spiro atoms. The lowest BCUT2D eigenvalue weighted by molar-refractivity contribution is 0.199. The van der Waals surface area contributed by atoms with Crippen LogP contribution in [0.15, 0.2) is 5.16 Å². The van der Waals surface area contributed by atoms with Crippen LogP contribution in [0.3, 0.4) is 0 Å². The van der Waals surface area contributed by atoms with E-state index in [0.29, 0.717) is 11.5 Å². The van der Waals surface area contributed by atoms with E-state index >= 15 is 0 Å². The molecule has 0 aromatic heterocycles. The van der Waals surface area contributed by atoms with Gasteiger partial charge in [0.15, 0.2) is 0 Å². The second kappa shape index (κ2) is 4.64. The van der Waals surface area contributed by atoms with Crippen LogP contribution in [-0.2, 0) is 4.84 Å². The number of oxime groups is 1. The molecule has 0 aliphatic rings. The van der Waals surface area contributed by atoms with Gasteiger partial charge in [0, 0.05) is 5.75 Å². The monoisotopic (exact) mass is 149 g/mol. The van der Waals surface area contributed by atoms with Gasteiger partial charge in [-0.3, -0.25) is 0 Å². The van der Waals surface area contributed by atoms with Crippen LogP contribution in [0.25, 0.3) is 0 Å². The third-order valence-corrected chi connectivity index (χ3v) is 1.18. The maximum Gasteiger partial charge on any atom is 0.106 e. The zero-order chi connectivity index (χ0) is 7.28. The fourth-order valence-electron chi connectivity index (χ4n) is 0.355. The highest BCUT2D eigenvalue weighted by atomic mass is 32.1. The Morgan fingerprint density at radius 2 is 2.44 bits per heavy atom. The smallest absolute Gasteiger partial charge is 0.106 e. The van der Waals surface area contributed by atoms with E-state index in [1.807, 2.05) is 0 Å². The van der Waals surface area contributed by atoms with Crippen LogP contribution in [-0.4, -0.2) is 29.8 Å². The molecule has 0 radical (unpaired) electrons. The minimum absolute atomic E-state index is 0.422. The van der Waals surface area contributed by atoms with E-state index in [1.165, 1.54) is 7.11 Å². The lowest BCUT2D eigenvalue weighted by atomic mass is 10.3. The maximum atomic E-state index is 8.88. The van der Waals surface area contributed by atoms with Crippen molar-refractivity contribution in [2.24, 2.45) is 5.16 Å². The van der Waals surface area contributed by atoms with Crippen molar-refractivity contribution in [3.63, 3.8) is 0 Å². The average Bonchev–Trinajstić information content (AvgIpc) is 1.82. The Hall–Kier alpha value is -0.220. The highest BCUT2D eigenvalue weighted by Gasteiger charge is 2.03. The normalized spacial score (nSPS) is 15.3. The SMILES string of the molecule is CO/N=C(\CS)C(C)O. The summed E-state index contributed by atoms with van der Waals surface area (Å²) in [7, 11) is 1.44. The van der Waals surface area contributed by atoms with E-state index in [-0.39, 0.29) is 0 Å². The minimum atomic E-state index is -0.567. The number of thiol groups is 1. The number of aliphatic hydroxyl groups excluding tert-OH is 1. The first-order valence-corrected chi connectivity index (χ1v) is 3.24. The number of aliphatic hydroxyl groups is 1. The van der Waals surface area contributed by atoms with Crippen LogP contribution < -0.4 is 0 Å². The summed E-state index contributed by atoms with van der Waals surface area (Å²) < 4.78 is 0. The summed E-state index contributed by atoms with van der Waals surface area (Å²) in [6, 6.07) is 0. The molecular formula is C5H11NO2S. The molecular weight excluding hydrogens is 138 g/mol. The van der Waals surface area contributed by atoms with Gasteiger partial charge in [0.2, 0.25) is 0 Å². The van der Waals surface area contributed by atoms with Crippen molar-refractivity contribution >= 4 is 18.3 Å². The molecule has 9 heavy (non-hydrogen) atoms. The highest BCUT2D eigenvalue weighted by Crippen LogP contribution is 1.90. The molecule has 0 rings (SSSR count). The standard InChI is InChI=1S/C5H11NO2S/c1-4(7)5(3-9)6-8-2/h4,7,9H,3H2,1-2H3/b6-5+. The van der Waals surface area contributed by atoms with E-state index in [4.69, 9.17) is 5.11 Å². The lowest BCUT2D eigenvalue weighted by Crippen LogP contribution is -2.17. The fourth-order valence-corrected chi connectivity index (χ4v) is 0.676. The van der Waals surface area contributed by atoms with Crippen molar-refractivity contribution in [1.82, 2.24) is 0 Å². The maximum absolute atomic E-state index is 8.88. The third kappa shape index (κ3) is 3.37. The summed E-state index contributed by atoms with van der Waals surface area (Å²) in [4.78, 5) is 4.44. The zero-order valence-electron chi connectivity index (χ0n) is 5.53. The topological polar surface area (TPSA) is 41.8 Å². The zero-order valence-corrected chi connectivity index (χ0v) is 6.43. The van der Waals surface area contributed by atoms with Gasteiger partial charge in [-0.15, -0.1) is 0 Å². The number of rotatable bonds is 3. The van der Waals surface area contributed by atoms with Crippen LogP contribution in [0.4, 0.5) is 0 Å². The summed E-state index contributed by atoms with van der Waals surface area (Å²) >= 11 is 3.92. The van der Waals surface area contributed by atoms with Gasteiger partial charge >= 0.3 is 0 Å². The van der Waals surface area contributed by atoms with Gasteiger partial charge in [-0.2, -0.15) is 12.6 Å². The molecule has 0 aliphatic heterocycles. The fraction of sp³-hybridized carbons (Fsp3) is 0.800. The van der Waals surface area contributed by atoms with Crippen molar-refractivity contribution in [2.75, 3.05) is 12.9 Å². The van der Waals surface area contributed by atoms with Crippen molar-refractivity contribution in [3.05, 3.63) is 0 Å². The molecule has 0 bridgehead atoms. The molecule has 0 aromatic carbocycles.